The lowest BCUT2D eigenvalue weighted by molar-refractivity contribution is -0.156. The van der Waals surface area contributed by atoms with E-state index in [1.165, 1.54) is 6.92 Å². The van der Waals surface area contributed by atoms with Crippen molar-refractivity contribution < 1.29 is 41.6 Å². The Balaban J connectivity index is 2.66. The van der Waals surface area contributed by atoms with Crippen molar-refractivity contribution in [2.45, 2.75) is 39.0 Å². The molecule has 1 aromatic rings. The fourth-order valence-electron chi connectivity index (χ4n) is 2.04. The van der Waals surface area contributed by atoms with Crippen molar-refractivity contribution >= 4 is 28.1 Å². The predicted octanol–water partition coefficient (Wildman–Crippen LogP) is 1.05. The number of benzene rings is 1. The van der Waals surface area contributed by atoms with Crippen molar-refractivity contribution in [2.75, 3.05) is 12.4 Å². The zero-order chi connectivity index (χ0) is 21.2. The maximum Gasteiger partial charge on any atom is 0.408 e. The number of rotatable bonds is 10. The number of carbonyl (C=O) groups excluding carboxylic acids is 3. The molecule has 2 atom stereocenters. The summed E-state index contributed by atoms with van der Waals surface area (Å²) in [6, 6.07) is 7.47. The second-order valence-corrected chi connectivity index (χ2v) is 7.24. The summed E-state index contributed by atoms with van der Waals surface area (Å²) in [5.41, 5.74) is 0.732. The Morgan fingerprint density at radius 2 is 1.79 bits per heavy atom. The van der Waals surface area contributed by atoms with E-state index >= 15 is 0 Å². The normalized spacial score (nSPS) is 13.1. The molecule has 0 aliphatic carbocycles. The van der Waals surface area contributed by atoms with E-state index in [2.05, 4.69) is 5.32 Å². The first-order chi connectivity index (χ1) is 13.1. The molecular formula is C17H23NO9S. The van der Waals surface area contributed by atoms with Crippen LogP contribution in [0.5, 0.6) is 0 Å². The molecular weight excluding hydrogens is 394 g/mol. The Hall–Kier alpha value is -2.66. The van der Waals surface area contributed by atoms with Crippen LogP contribution in [0.15, 0.2) is 30.3 Å². The van der Waals surface area contributed by atoms with Gasteiger partial charge in [-0.25, -0.2) is 9.59 Å². The van der Waals surface area contributed by atoms with Crippen LogP contribution in [0.1, 0.15) is 25.8 Å². The third-order valence-electron chi connectivity index (χ3n) is 3.38. The second kappa shape index (κ2) is 11.2. The minimum absolute atomic E-state index is 0.0273. The largest absolute Gasteiger partial charge is 0.464 e. The molecule has 1 amide bonds. The SMILES string of the molecule is CCOC(=O)C(NC(=O)OCc1ccccc1)C(C)OC(=O)CCS(=O)(=O)O. The van der Waals surface area contributed by atoms with Gasteiger partial charge >= 0.3 is 18.0 Å². The van der Waals surface area contributed by atoms with Crippen LogP contribution in [0.3, 0.4) is 0 Å². The van der Waals surface area contributed by atoms with Gasteiger partial charge in [0.2, 0.25) is 0 Å². The van der Waals surface area contributed by atoms with Crippen LogP contribution in [-0.4, -0.2) is 55.5 Å². The number of carbonyl (C=O) groups is 3. The molecule has 2 unspecified atom stereocenters. The van der Waals surface area contributed by atoms with E-state index in [9.17, 15) is 22.8 Å². The van der Waals surface area contributed by atoms with Crippen LogP contribution in [0.2, 0.25) is 0 Å². The average molecular weight is 417 g/mol. The number of esters is 2. The molecule has 0 aliphatic heterocycles. The highest BCUT2D eigenvalue weighted by Gasteiger charge is 2.31. The molecule has 2 N–H and O–H groups in total. The van der Waals surface area contributed by atoms with Gasteiger partial charge in [-0.3, -0.25) is 9.35 Å². The van der Waals surface area contributed by atoms with Gasteiger partial charge in [-0.05, 0) is 19.4 Å². The lowest BCUT2D eigenvalue weighted by atomic mass is 10.2. The summed E-state index contributed by atoms with van der Waals surface area (Å²) in [4.78, 5) is 35.8. The lowest BCUT2D eigenvalue weighted by Gasteiger charge is -2.23. The molecule has 0 heterocycles. The zero-order valence-electron chi connectivity index (χ0n) is 15.5. The van der Waals surface area contributed by atoms with Gasteiger partial charge in [-0.2, -0.15) is 8.42 Å². The zero-order valence-corrected chi connectivity index (χ0v) is 16.3. The van der Waals surface area contributed by atoms with E-state index in [0.29, 0.717) is 0 Å². The standard InChI is InChI=1S/C17H23NO9S/c1-3-25-16(20)15(12(2)27-14(19)9-10-28(22,23)24)18-17(21)26-11-13-7-5-4-6-8-13/h4-8,12,15H,3,9-11H2,1-2H3,(H,18,21)(H,22,23,24). The highest BCUT2D eigenvalue weighted by molar-refractivity contribution is 7.85. The smallest absolute Gasteiger partial charge is 0.408 e. The number of nitrogens with one attached hydrogen (secondary N) is 1. The van der Waals surface area contributed by atoms with E-state index in [-0.39, 0.29) is 13.2 Å². The summed E-state index contributed by atoms with van der Waals surface area (Å²) >= 11 is 0. The van der Waals surface area contributed by atoms with Gasteiger partial charge in [-0.1, -0.05) is 30.3 Å². The first-order valence-electron chi connectivity index (χ1n) is 8.41. The maximum atomic E-state index is 12.1. The van der Waals surface area contributed by atoms with Crippen molar-refractivity contribution in [1.82, 2.24) is 5.32 Å². The van der Waals surface area contributed by atoms with Crippen LogP contribution < -0.4 is 5.32 Å². The minimum atomic E-state index is -4.34. The topological polar surface area (TPSA) is 145 Å². The second-order valence-electron chi connectivity index (χ2n) is 5.67. The van der Waals surface area contributed by atoms with Crippen molar-refractivity contribution in [3.8, 4) is 0 Å². The van der Waals surface area contributed by atoms with Gasteiger partial charge in [0, 0.05) is 0 Å². The summed E-state index contributed by atoms with van der Waals surface area (Å²) in [5, 5.41) is 2.27. The lowest BCUT2D eigenvalue weighted by Crippen LogP contribution is -2.50. The Bertz CT molecular complexity index is 764. The molecule has 0 aliphatic rings. The van der Waals surface area contributed by atoms with Gasteiger partial charge in [0.05, 0.1) is 18.8 Å². The van der Waals surface area contributed by atoms with Crippen LogP contribution in [-0.2, 0) is 40.5 Å². The predicted molar refractivity (Wildman–Crippen MR) is 96.8 cm³/mol. The van der Waals surface area contributed by atoms with Crippen molar-refractivity contribution in [3.05, 3.63) is 35.9 Å². The third-order valence-corrected chi connectivity index (χ3v) is 4.10. The first-order valence-corrected chi connectivity index (χ1v) is 10.0. The average Bonchev–Trinajstić information content (AvgIpc) is 2.63. The third kappa shape index (κ3) is 9.33. The number of amides is 1. The van der Waals surface area contributed by atoms with Gasteiger partial charge in [0.1, 0.15) is 12.7 Å². The molecule has 156 valence electrons. The number of ether oxygens (including phenoxy) is 3. The van der Waals surface area contributed by atoms with Crippen LogP contribution in [0, 0.1) is 0 Å². The number of hydrogen-bond donors (Lipinski definition) is 2. The van der Waals surface area contributed by atoms with Crippen molar-refractivity contribution in [1.29, 1.82) is 0 Å². The fourth-order valence-corrected chi connectivity index (χ4v) is 2.46. The van der Waals surface area contributed by atoms with Gasteiger partial charge in [0.15, 0.2) is 6.04 Å². The molecule has 0 radical (unpaired) electrons. The monoisotopic (exact) mass is 417 g/mol. The molecule has 10 nitrogen and oxygen atoms in total. The highest BCUT2D eigenvalue weighted by Crippen LogP contribution is 2.07. The Kier molecular flexibility index (Phi) is 9.39. The van der Waals surface area contributed by atoms with Crippen LogP contribution in [0.4, 0.5) is 4.79 Å². The molecule has 0 bridgehead atoms. The van der Waals surface area contributed by atoms with Gasteiger partial charge in [-0.15, -0.1) is 0 Å². The number of alkyl carbamates (subject to hydrolysis) is 1. The summed E-state index contributed by atoms with van der Waals surface area (Å²) in [5.74, 6) is -2.65. The first kappa shape index (κ1) is 23.4. The van der Waals surface area contributed by atoms with Crippen molar-refractivity contribution in [3.63, 3.8) is 0 Å². The molecule has 1 rings (SSSR count). The number of hydrogen-bond acceptors (Lipinski definition) is 8. The van der Waals surface area contributed by atoms with E-state index in [4.69, 9.17) is 18.8 Å². The van der Waals surface area contributed by atoms with E-state index < -0.39 is 52.5 Å². The van der Waals surface area contributed by atoms with Crippen LogP contribution in [0.25, 0.3) is 0 Å². The molecule has 0 saturated heterocycles. The summed E-state index contributed by atoms with van der Waals surface area (Å²) in [6.07, 6.45) is -2.71. The minimum Gasteiger partial charge on any atom is -0.464 e. The summed E-state index contributed by atoms with van der Waals surface area (Å²) in [6.45, 7) is 2.88. The van der Waals surface area contributed by atoms with Gasteiger partial charge < -0.3 is 19.5 Å². The Morgan fingerprint density at radius 1 is 1.14 bits per heavy atom. The van der Waals surface area contributed by atoms with Crippen LogP contribution >= 0.6 is 0 Å². The molecule has 0 fully saturated rings. The summed E-state index contributed by atoms with van der Waals surface area (Å²) in [7, 11) is -4.34. The van der Waals surface area contributed by atoms with E-state index in [1.54, 1.807) is 37.3 Å². The maximum absolute atomic E-state index is 12.1. The fraction of sp³-hybridized carbons (Fsp3) is 0.471. The summed E-state index contributed by atoms with van der Waals surface area (Å²) < 4.78 is 44.8. The quantitative estimate of drug-likeness (QED) is 0.324. The molecule has 11 heteroatoms. The van der Waals surface area contributed by atoms with Gasteiger partial charge in [0.25, 0.3) is 10.1 Å². The molecule has 0 aromatic heterocycles. The molecule has 28 heavy (non-hydrogen) atoms. The highest BCUT2D eigenvalue weighted by atomic mass is 32.2. The van der Waals surface area contributed by atoms with E-state index in [1.807, 2.05) is 0 Å². The Morgan fingerprint density at radius 3 is 2.36 bits per heavy atom. The van der Waals surface area contributed by atoms with Crippen molar-refractivity contribution in [2.24, 2.45) is 0 Å². The molecule has 0 saturated carbocycles. The van der Waals surface area contributed by atoms with E-state index in [0.717, 1.165) is 5.56 Å². The molecule has 0 spiro atoms. The Labute approximate surface area is 162 Å². The molecule has 1 aromatic carbocycles.